The third-order valence-corrected chi connectivity index (χ3v) is 4.45. The molecular formula is C20H34O. The maximum Gasteiger partial charge on any atom is 0.119 e. The van der Waals surface area contributed by atoms with Gasteiger partial charge in [0.25, 0.3) is 0 Å². The van der Waals surface area contributed by atoms with Gasteiger partial charge in [-0.3, -0.25) is 0 Å². The van der Waals surface area contributed by atoms with E-state index in [1.807, 2.05) is 0 Å². The van der Waals surface area contributed by atoms with Crippen molar-refractivity contribution in [3.63, 3.8) is 0 Å². The van der Waals surface area contributed by atoms with Crippen molar-refractivity contribution in [2.24, 2.45) is 0 Å². The van der Waals surface area contributed by atoms with Crippen LogP contribution in [0.1, 0.15) is 88.5 Å². The van der Waals surface area contributed by atoms with Gasteiger partial charge in [-0.15, -0.1) is 0 Å². The zero-order valence-electron chi connectivity index (χ0n) is 14.6. The van der Waals surface area contributed by atoms with Crippen molar-refractivity contribution in [3.8, 4) is 5.75 Å². The normalized spacial score (nSPS) is 11.0. The molecule has 0 aliphatic carbocycles. The molecule has 1 nitrogen and oxygen atoms in total. The summed E-state index contributed by atoms with van der Waals surface area (Å²) < 4.78 is 0. The summed E-state index contributed by atoms with van der Waals surface area (Å²) in [5.41, 5.74) is 5.63. The second-order valence-electron chi connectivity index (χ2n) is 6.15. The van der Waals surface area contributed by atoms with Gasteiger partial charge in [0.2, 0.25) is 0 Å². The Bertz CT molecular complexity index is 420. The van der Waals surface area contributed by atoms with Crippen LogP contribution in [0.4, 0.5) is 0 Å². The first-order valence-corrected chi connectivity index (χ1v) is 9.04. The minimum absolute atomic E-state index is 0.554. The SMILES string of the molecule is CCCCc1cc(O)c(CCCC)c(CCCC)c1CC. The third kappa shape index (κ3) is 5.05. The molecule has 0 radical (unpaired) electrons. The molecule has 0 bridgehead atoms. The molecule has 0 unspecified atom stereocenters. The number of rotatable bonds is 10. The summed E-state index contributed by atoms with van der Waals surface area (Å²) in [5, 5.41) is 10.5. The molecule has 0 spiro atoms. The lowest BCUT2D eigenvalue weighted by molar-refractivity contribution is 0.463. The van der Waals surface area contributed by atoms with Gasteiger partial charge in [0, 0.05) is 0 Å². The van der Waals surface area contributed by atoms with Crippen molar-refractivity contribution in [1.29, 1.82) is 0 Å². The molecule has 0 aliphatic heterocycles. The van der Waals surface area contributed by atoms with Gasteiger partial charge in [-0.1, -0.05) is 47.0 Å². The topological polar surface area (TPSA) is 20.2 Å². The number of phenols is 1. The predicted molar refractivity (Wildman–Crippen MR) is 93.3 cm³/mol. The predicted octanol–water partition coefficient (Wildman–Crippen LogP) is 5.98. The second kappa shape index (κ2) is 9.87. The Kier molecular flexibility index (Phi) is 8.49. The molecule has 1 rings (SSSR count). The number of aryl methyl sites for hydroxylation is 1. The molecule has 0 saturated heterocycles. The highest BCUT2D eigenvalue weighted by atomic mass is 16.3. The first-order valence-electron chi connectivity index (χ1n) is 9.04. The van der Waals surface area contributed by atoms with Crippen LogP contribution in [0.2, 0.25) is 0 Å². The first-order chi connectivity index (χ1) is 10.2. The number of hydrogen-bond acceptors (Lipinski definition) is 1. The van der Waals surface area contributed by atoms with E-state index in [-0.39, 0.29) is 0 Å². The van der Waals surface area contributed by atoms with Crippen LogP contribution in [-0.2, 0) is 25.7 Å². The zero-order chi connectivity index (χ0) is 15.7. The highest BCUT2D eigenvalue weighted by Crippen LogP contribution is 2.32. The lowest BCUT2D eigenvalue weighted by Crippen LogP contribution is -2.06. The van der Waals surface area contributed by atoms with Crippen molar-refractivity contribution in [2.45, 2.75) is 91.9 Å². The molecule has 1 aromatic carbocycles. The lowest BCUT2D eigenvalue weighted by atomic mass is 9.86. The maximum atomic E-state index is 10.5. The van der Waals surface area contributed by atoms with Gasteiger partial charge in [0.15, 0.2) is 0 Å². The van der Waals surface area contributed by atoms with Crippen LogP contribution in [0.5, 0.6) is 5.75 Å². The number of benzene rings is 1. The molecule has 0 atom stereocenters. The molecule has 120 valence electrons. The van der Waals surface area contributed by atoms with Crippen molar-refractivity contribution in [1.82, 2.24) is 0 Å². The minimum Gasteiger partial charge on any atom is -0.508 e. The van der Waals surface area contributed by atoms with Crippen LogP contribution in [0.25, 0.3) is 0 Å². The molecule has 0 saturated carbocycles. The van der Waals surface area contributed by atoms with Crippen LogP contribution in [0, 0.1) is 0 Å². The van der Waals surface area contributed by atoms with E-state index in [1.165, 1.54) is 60.8 Å². The number of aromatic hydroxyl groups is 1. The van der Waals surface area contributed by atoms with E-state index in [0.717, 1.165) is 25.7 Å². The van der Waals surface area contributed by atoms with Crippen LogP contribution >= 0.6 is 0 Å². The Morgan fingerprint density at radius 1 is 0.714 bits per heavy atom. The van der Waals surface area contributed by atoms with Crippen molar-refractivity contribution in [2.75, 3.05) is 0 Å². The van der Waals surface area contributed by atoms with Gasteiger partial charge in [-0.05, 0) is 73.3 Å². The van der Waals surface area contributed by atoms with Gasteiger partial charge in [-0.25, -0.2) is 0 Å². The Morgan fingerprint density at radius 3 is 1.76 bits per heavy atom. The highest BCUT2D eigenvalue weighted by Gasteiger charge is 2.16. The van der Waals surface area contributed by atoms with Gasteiger partial charge >= 0.3 is 0 Å². The molecule has 0 amide bonds. The number of unbranched alkanes of at least 4 members (excludes halogenated alkanes) is 3. The van der Waals surface area contributed by atoms with Crippen LogP contribution in [0.3, 0.4) is 0 Å². The average Bonchev–Trinajstić information content (AvgIpc) is 2.49. The van der Waals surface area contributed by atoms with E-state index in [4.69, 9.17) is 0 Å². The summed E-state index contributed by atoms with van der Waals surface area (Å²) in [6.45, 7) is 8.97. The molecule has 0 fully saturated rings. The molecule has 0 heterocycles. The number of hydrogen-bond donors (Lipinski definition) is 1. The number of phenolic OH excluding ortho intramolecular Hbond substituents is 1. The van der Waals surface area contributed by atoms with Crippen LogP contribution in [0.15, 0.2) is 6.07 Å². The Labute approximate surface area is 131 Å². The van der Waals surface area contributed by atoms with E-state index < -0.39 is 0 Å². The largest absolute Gasteiger partial charge is 0.508 e. The van der Waals surface area contributed by atoms with Gasteiger partial charge in [0.1, 0.15) is 5.75 Å². The van der Waals surface area contributed by atoms with E-state index in [2.05, 4.69) is 33.8 Å². The summed E-state index contributed by atoms with van der Waals surface area (Å²) in [5.74, 6) is 0.554. The quantitative estimate of drug-likeness (QED) is 0.561. The van der Waals surface area contributed by atoms with Crippen LogP contribution in [-0.4, -0.2) is 5.11 Å². The van der Waals surface area contributed by atoms with Crippen LogP contribution < -0.4 is 0 Å². The molecule has 0 aromatic heterocycles. The average molecular weight is 290 g/mol. The zero-order valence-corrected chi connectivity index (χ0v) is 14.6. The monoisotopic (exact) mass is 290 g/mol. The third-order valence-electron chi connectivity index (χ3n) is 4.45. The first kappa shape index (κ1) is 18.1. The molecule has 21 heavy (non-hydrogen) atoms. The Morgan fingerprint density at radius 2 is 1.24 bits per heavy atom. The highest BCUT2D eigenvalue weighted by molar-refractivity contribution is 5.49. The van der Waals surface area contributed by atoms with Crippen molar-refractivity contribution >= 4 is 0 Å². The van der Waals surface area contributed by atoms with E-state index in [0.29, 0.717) is 5.75 Å². The standard InChI is InChI=1S/C20H34O/c1-5-9-12-16-15-20(21)19(14-11-7-3)18(13-10-6-2)17(16)8-4/h15,21H,5-14H2,1-4H3. The Hall–Kier alpha value is -0.980. The molecule has 1 heteroatoms. The van der Waals surface area contributed by atoms with E-state index >= 15 is 0 Å². The Balaban J connectivity index is 3.21. The van der Waals surface area contributed by atoms with Gasteiger partial charge in [0.05, 0.1) is 0 Å². The summed E-state index contributed by atoms with van der Waals surface area (Å²) in [4.78, 5) is 0. The molecule has 1 N–H and O–H groups in total. The van der Waals surface area contributed by atoms with Gasteiger partial charge < -0.3 is 5.11 Å². The maximum absolute atomic E-state index is 10.5. The summed E-state index contributed by atoms with van der Waals surface area (Å²) in [6.07, 6.45) is 11.6. The fraction of sp³-hybridized carbons (Fsp3) is 0.700. The fourth-order valence-corrected chi connectivity index (χ4v) is 3.19. The molecule has 0 aliphatic rings. The summed E-state index contributed by atoms with van der Waals surface area (Å²) in [6, 6.07) is 2.06. The smallest absolute Gasteiger partial charge is 0.119 e. The second-order valence-corrected chi connectivity index (χ2v) is 6.15. The van der Waals surface area contributed by atoms with E-state index in [1.54, 1.807) is 0 Å². The van der Waals surface area contributed by atoms with Crippen molar-refractivity contribution in [3.05, 3.63) is 28.3 Å². The summed E-state index contributed by atoms with van der Waals surface area (Å²) >= 11 is 0. The lowest BCUT2D eigenvalue weighted by Gasteiger charge is -2.20. The minimum atomic E-state index is 0.554. The van der Waals surface area contributed by atoms with E-state index in [9.17, 15) is 5.11 Å². The summed E-state index contributed by atoms with van der Waals surface area (Å²) in [7, 11) is 0. The molecular weight excluding hydrogens is 256 g/mol. The van der Waals surface area contributed by atoms with Gasteiger partial charge in [-0.2, -0.15) is 0 Å². The van der Waals surface area contributed by atoms with Crippen molar-refractivity contribution < 1.29 is 5.11 Å². The fourth-order valence-electron chi connectivity index (χ4n) is 3.19. The molecule has 1 aromatic rings.